The van der Waals surface area contributed by atoms with Gasteiger partial charge in [0.15, 0.2) is 24.8 Å². The van der Waals surface area contributed by atoms with E-state index in [4.69, 9.17) is 31.9 Å². The second kappa shape index (κ2) is 15.7. The quantitative estimate of drug-likeness (QED) is 0.0811. The summed E-state index contributed by atoms with van der Waals surface area (Å²) in [4.78, 5) is 3.69. The maximum absolute atomic E-state index is 10.7. The molecule has 0 fully saturated rings. The Balaban J connectivity index is 0.000000580. The highest BCUT2D eigenvalue weighted by atomic mass is 32.2. The third kappa shape index (κ3) is 11.0. The molecule has 3 rings (SSSR count). The van der Waals surface area contributed by atoms with Gasteiger partial charge in [-0.25, -0.2) is 8.42 Å². The van der Waals surface area contributed by atoms with Gasteiger partial charge in [0.2, 0.25) is 0 Å². The van der Waals surface area contributed by atoms with Crippen LogP contribution in [0.25, 0.3) is 0 Å². The summed E-state index contributed by atoms with van der Waals surface area (Å²) in [6.07, 6.45) is 2.84. The molecule has 0 aliphatic rings. The molecule has 210 valence electrons. The molecule has 3 aromatic rings. The van der Waals surface area contributed by atoms with Gasteiger partial charge >= 0.3 is 5.51 Å². The average Bonchev–Trinajstić information content (AvgIpc) is 2.91. The zero-order valence-electron chi connectivity index (χ0n) is 20.7. The molecule has 0 saturated heterocycles. The molecule has 0 unspecified atom stereocenters. The molecule has 0 N–H and O–H groups in total. The minimum atomic E-state index is -6.09. The minimum Gasteiger partial charge on any atom is -0.741 e. The van der Waals surface area contributed by atoms with E-state index in [9.17, 15) is 13.2 Å². The Morgan fingerprint density at radius 2 is 1.05 bits per heavy atom. The minimum absolute atomic E-state index is 0.236. The Hall–Kier alpha value is -3.61. The number of ether oxygens (including phenoxy) is 4. The first-order valence-corrected chi connectivity index (χ1v) is 13.9. The highest BCUT2D eigenvalue weighted by molar-refractivity contribution is 7.97. The molecule has 0 aliphatic carbocycles. The van der Waals surface area contributed by atoms with Crippen LogP contribution in [-0.2, 0) is 30.5 Å². The first-order valence-electron chi connectivity index (χ1n) is 11.3. The molecule has 0 heterocycles. The molecule has 0 atom stereocenters. The summed E-state index contributed by atoms with van der Waals surface area (Å²) in [6.45, 7) is 8.98. The molecule has 0 saturated carbocycles. The summed E-state index contributed by atoms with van der Waals surface area (Å²) in [6, 6.07) is 27.0. The average molecular weight is 585 g/mol. The molecule has 0 bridgehead atoms. The van der Waals surface area contributed by atoms with E-state index >= 15 is 0 Å². The normalized spacial score (nSPS) is 11.1. The van der Waals surface area contributed by atoms with E-state index in [2.05, 4.69) is 61.7 Å². The van der Waals surface area contributed by atoms with Crippen molar-refractivity contribution in [2.45, 2.75) is 20.2 Å². The van der Waals surface area contributed by atoms with Crippen molar-refractivity contribution in [3.63, 3.8) is 0 Å². The van der Waals surface area contributed by atoms with Gasteiger partial charge in [-0.3, -0.25) is 0 Å². The van der Waals surface area contributed by atoms with Crippen molar-refractivity contribution >= 4 is 21.0 Å². The van der Waals surface area contributed by atoms with Crippen LogP contribution in [0.3, 0.4) is 0 Å². The van der Waals surface area contributed by atoms with Gasteiger partial charge in [-0.05, 0) is 60.7 Å². The zero-order valence-corrected chi connectivity index (χ0v) is 22.3. The lowest BCUT2D eigenvalue weighted by Crippen LogP contribution is -2.21. The van der Waals surface area contributed by atoms with Crippen LogP contribution in [-0.4, -0.2) is 44.9 Å². The summed E-state index contributed by atoms with van der Waals surface area (Å²) >= 11 is 0. The number of benzene rings is 3. The summed E-state index contributed by atoms with van der Waals surface area (Å²) in [5.74, 6) is 1.64. The van der Waals surface area contributed by atoms with E-state index < -0.39 is 15.6 Å². The molecule has 12 heteroatoms. The van der Waals surface area contributed by atoms with E-state index in [1.165, 1.54) is 27.2 Å². The van der Waals surface area contributed by atoms with Crippen molar-refractivity contribution in [2.75, 3.05) is 26.4 Å². The third-order valence-corrected chi connectivity index (χ3v) is 7.35. The van der Waals surface area contributed by atoms with Gasteiger partial charge in [0.1, 0.15) is 37.9 Å². The van der Waals surface area contributed by atoms with E-state index in [0.29, 0.717) is 26.4 Å². The molecular formula is C27H27F3O7S2. The number of hydrogen-bond donors (Lipinski definition) is 0. The van der Waals surface area contributed by atoms with Crippen molar-refractivity contribution in [2.24, 2.45) is 0 Å². The molecule has 0 aromatic heterocycles. The highest BCUT2D eigenvalue weighted by Gasteiger charge is 2.37. The summed E-state index contributed by atoms with van der Waals surface area (Å²) < 4.78 is 80.5. The number of alkyl halides is 3. The molecular weight excluding hydrogens is 557 g/mol. The van der Waals surface area contributed by atoms with Gasteiger partial charge in [-0.1, -0.05) is 31.4 Å². The third-order valence-electron chi connectivity index (χ3n) is 4.56. The van der Waals surface area contributed by atoms with Crippen LogP contribution in [0.1, 0.15) is 0 Å². The van der Waals surface area contributed by atoms with Gasteiger partial charge < -0.3 is 23.5 Å². The topological polar surface area (TPSA) is 94.1 Å². The van der Waals surface area contributed by atoms with Crippen LogP contribution >= 0.6 is 0 Å². The highest BCUT2D eigenvalue weighted by Crippen LogP contribution is 2.33. The van der Waals surface area contributed by atoms with Crippen molar-refractivity contribution in [3.8, 4) is 11.5 Å². The van der Waals surface area contributed by atoms with Gasteiger partial charge in [0.25, 0.3) is 0 Å². The molecule has 7 nitrogen and oxygen atoms in total. The van der Waals surface area contributed by atoms with E-state index in [-0.39, 0.29) is 10.9 Å². The lowest BCUT2D eigenvalue weighted by atomic mass is 10.3. The fraction of sp³-hybridized carbons (Fsp3) is 0.185. The molecule has 0 amide bonds. The first kappa shape index (κ1) is 31.6. The summed E-state index contributed by atoms with van der Waals surface area (Å²) in [5.41, 5.74) is -5.65. The van der Waals surface area contributed by atoms with Crippen LogP contribution < -0.4 is 9.47 Å². The maximum atomic E-state index is 10.7. The van der Waals surface area contributed by atoms with Crippen LogP contribution in [0.4, 0.5) is 13.2 Å². The van der Waals surface area contributed by atoms with Crippen LogP contribution in [0.5, 0.6) is 11.5 Å². The molecule has 39 heavy (non-hydrogen) atoms. The molecule has 0 spiro atoms. The Morgan fingerprint density at radius 3 is 1.38 bits per heavy atom. The molecule has 0 radical (unpaired) electrons. The lowest BCUT2D eigenvalue weighted by Gasteiger charge is -2.11. The second-order valence-corrected chi connectivity index (χ2v) is 10.6. The van der Waals surface area contributed by atoms with Crippen LogP contribution in [0.2, 0.25) is 0 Å². The summed E-state index contributed by atoms with van der Waals surface area (Å²) in [5, 5.41) is 0. The van der Waals surface area contributed by atoms with Crippen LogP contribution in [0, 0.1) is 0 Å². The van der Waals surface area contributed by atoms with Crippen LogP contribution in [0.15, 0.2) is 119 Å². The summed E-state index contributed by atoms with van der Waals surface area (Å²) in [7, 11) is -6.33. The largest absolute Gasteiger partial charge is 0.741 e. The Labute approximate surface area is 228 Å². The smallest absolute Gasteiger partial charge is 0.485 e. The van der Waals surface area contributed by atoms with Gasteiger partial charge in [0, 0.05) is 0 Å². The van der Waals surface area contributed by atoms with E-state index in [1.54, 1.807) is 0 Å². The van der Waals surface area contributed by atoms with E-state index in [1.807, 2.05) is 30.3 Å². The maximum Gasteiger partial charge on any atom is 0.485 e. The van der Waals surface area contributed by atoms with Gasteiger partial charge in [-0.2, -0.15) is 13.2 Å². The van der Waals surface area contributed by atoms with Gasteiger partial charge in [-0.15, -0.1) is 0 Å². The lowest BCUT2D eigenvalue weighted by molar-refractivity contribution is -0.0517. The second-order valence-electron chi connectivity index (χ2n) is 7.23. The predicted octanol–water partition coefficient (Wildman–Crippen LogP) is 5.91. The molecule has 3 aromatic carbocycles. The zero-order chi connectivity index (χ0) is 28.7. The first-order chi connectivity index (χ1) is 18.6. The van der Waals surface area contributed by atoms with Gasteiger partial charge in [0.05, 0.1) is 23.4 Å². The van der Waals surface area contributed by atoms with Crippen molar-refractivity contribution in [1.29, 1.82) is 0 Å². The standard InChI is InChI=1S/C26H27O4S.CHF3O3S/c1-3-27-18-20-29-22-10-14-25(15-11-22)31(24-8-6-5-7-9-24)26-16-12-23(13-17-26)30-21-19-28-4-2;2-1(3,4)8(5,6)7/h3-17H,1-2,18-21H2;(H,5,6,7)/q+1;/p-1. The van der Waals surface area contributed by atoms with Crippen molar-refractivity contribution < 1.29 is 45.1 Å². The number of rotatable bonds is 13. The Kier molecular flexibility index (Phi) is 12.7. The SMILES string of the molecule is C=COCCOc1ccc([S+](c2ccccc2)c2ccc(OCCOC=C)cc2)cc1.O=S(=O)([O-])C(F)(F)F. The fourth-order valence-corrected chi connectivity index (χ4v) is 4.95. The fourth-order valence-electron chi connectivity index (χ4n) is 2.89. The predicted molar refractivity (Wildman–Crippen MR) is 141 cm³/mol. The number of hydrogen-bond acceptors (Lipinski definition) is 7. The Morgan fingerprint density at radius 1 is 0.692 bits per heavy atom. The monoisotopic (exact) mass is 584 g/mol. The van der Waals surface area contributed by atoms with E-state index in [0.717, 1.165) is 11.5 Å². The number of halogens is 3. The van der Waals surface area contributed by atoms with Crippen molar-refractivity contribution in [3.05, 3.63) is 105 Å². The molecule has 0 aliphatic heterocycles. The van der Waals surface area contributed by atoms with Crippen molar-refractivity contribution in [1.82, 2.24) is 0 Å². The Bertz CT molecular complexity index is 1190.